The van der Waals surface area contributed by atoms with Crippen molar-refractivity contribution in [3.05, 3.63) is 54.7 Å². The van der Waals surface area contributed by atoms with Crippen molar-refractivity contribution in [2.75, 3.05) is 13.1 Å². The van der Waals surface area contributed by atoms with E-state index in [1.807, 2.05) is 30.5 Å². The number of benzene rings is 1. The van der Waals surface area contributed by atoms with Crippen LogP contribution in [0.1, 0.15) is 24.5 Å². The third-order valence-electron chi connectivity index (χ3n) is 5.52. The van der Waals surface area contributed by atoms with Crippen molar-refractivity contribution >= 4 is 10.9 Å². The molecule has 1 aromatic carbocycles. The van der Waals surface area contributed by atoms with E-state index in [2.05, 4.69) is 28.6 Å². The van der Waals surface area contributed by atoms with Crippen LogP contribution in [0.3, 0.4) is 0 Å². The molecule has 0 aliphatic carbocycles. The van der Waals surface area contributed by atoms with Crippen LogP contribution in [0.15, 0.2) is 49.2 Å². The minimum atomic E-state index is -0.443. The molecular weight excluding hydrogens is 272 g/mol. The fourth-order valence-corrected chi connectivity index (χ4v) is 4.29. The molecule has 3 fully saturated rings. The number of aromatic nitrogens is 1. The summed E-state index contributed by atoms with van der Waals surface area (Å²) in [6, 6.07) is 10.3. The maximum Gasteiger partial charge on any atom is 0.0952 e. The Morgan fingerprint density at radius 3 is 2.95 bits per heavy atom. The van der Waals surface area contributed by atoms with Gasteiger partial charge < -0.3 is 5.11 Å². The van der Waals surface area contributed by atoms with E-state index in [1.165, 1.54) is 6.42 Å². The van der Waals surface area contributed by atoms with Crippen LogP contribution in [-0.4, -0.2) is 34.1 Å². The molecule has 3 aliphatic heterocycles. The second kappa shape index (κ2) is 5.49. The van der Waals surface area contributed by atoms with Crippen LogP contribution in [-0.2, 0) is 0 Å². The van der Waals surface area contributed by atoms with Gasteiger partial charge in [0.25, 0.3) is 0 Å². The molecule has 2 aromatic rings. The summed E-state index contributed by atoms with van der Waals surface area (Å²) in [6.07, 6.45) is 5.76. The van der Waals surface area contributed by atoms with Crippen molar-refractivity contribution in [3.63, 3.8) is 0 Å². The van der Waals surface area contributed by atoms with E-state index in [0.717, 1.165) is 36.0 Å². The molecule has 3 saturated heterocycles. The summed E-state index contributed by atoms with van der Waals surface area (Å²) in [4.78, 5) is 6.86. The van der Waals surface area contributed by atoms with Crippen LogP contribution in [0.4, 0.5) is 0 Å². The highest BCUT2D eigenvalue weighted by molar-refractivity contribution is 5.82. The Bertz CT molecular complexity index is 693. The average Bonchev–Trinajstić information content (AvgIpc) is 2.60. The molecule has 3 heteroatoms. The summed E-state index contributed by atoms with van der Waals surface area (Å²) in [7, 11) is 0. The predicted octanol–water partition coefficient (Wildman–Crippen LogP) is 3.16. The lowest BCUT2D eigenvalue weighted by Gasteiger charge is -2.50. The van der Waals surface area contributed by atoms with Crippen LogP contribution in [0.25, 0.3) is 10.9 Å². The van der Waals surface area contributed by atoms with Gasteiger partial charge in [0.05, 0.1) is 11.6 Å². The molecule has 1 N–H and O–H groups in total. The number of para-hydroxylation sites is 1. The van der Waals surface area contributed by atoms with E-state index in [0.29, 0.717) is 11.8 Å². The van der Waals surface area contributed by atoms with Gasteiger partial charge in [-0.1, -0.05) is 24.3 Å². The number of piperidine rings is 3. The summed E-state index contributed by atoms with van der Waals surface area (Å²) < 4.78 is 0. The lowest BCUT2D eigenvalue weighted by atomic mass is 9.73. The van der Waals surface area contributed by atoms with Crippen LogP contribution in [0.2, 0.25) is 0 Å². The first-order valence-corrected chi connectivity index (χ1v) is 8.16. The van der Waals surface area contributed by atoms with E-state index < -0.39 is 6.10 Å². The average molecular weight is 294 g/mol. The molecule has 3 aliphatic rings. The zero-order chi connectivity index (χ0) is 15.1. The first kappa shape index (κ1) is 13.9. The lowest BCUT2D eigenvalue weighted by Crippen LogP contribution is -2.54. The first-order valence-electron chi connectivity index (χ1n) is 8.16. The SMILES string of the molecule is C=CC1CN2CCC1C[C@@H]2[C@H](O)c1ccnc2ccccc12. The van der Waals surface area contributed by atoms with Gasteiger partial charge in [0, 0.05) is 24.2 Å². The second-order valence-corrected chi connectivity index (χ2v) is 6.61. The van der Waals surface area contributed by atoms with E-state index in [4.69, 9.17) is 0 Å². The summed E-state index contributed by atoms with van der Waals surface area (Å²) >= 11 is 0. The summed E-state index contributed by atoms with van der Waals surface area (Å²) in [6.45, 7) is 6.11. The quantitative estimate of drug-likeness (QED) is 0.883. The highest BCUT2D eigenvalue weighted by Gasteiger charge is 2.42. The molecule has 4 heterocycles. The summed E-state index contributed by atoms with van der Waals surface area (Å²) in [5.74, 6) is 1.27. The van der Waals surface area contributed by atoms with Crippen LogP contribution >= 0.6 is 0 Å². The van der Waals surface area contributed by atoms with Crippen LogP contribution < -0.4 is 0 Å². The molecule has 1 aromatic heterocycles. The molecule has 5 rings (SSSR count). The van der Waals surface area contributed by atoms with Gasteiger partial charge in [-0.05, 0) is 48.9 Å². The zero-order valence-electron chi connectivity index (χ0n) is 12.7. The topological polar surface area (TPSA) is 36.4 Å². The lowest BCUT2D eigenvalue weighted by molar-refractivity contribution is -0.0444. The van der Waals surface area contributed by atoms with Crippen LogP contribution in [0.5, 0.6) is 0 Å². The molecule has 22 heavy (non-hydrogen) atoms. The molecule has 0 radical (unpaired) electrons. The Balaban J connectivity index is 1.67. The third kappa shape index (κ3) is 2.16. The number of aliphatic hydroxyl groups is 1. The van der Waals surface area contributed by atoms with E-state index in [1.54, 1.807) is 0 Å². The Kier molecular flexibility index (Phi) is 3.47. The number of fused-ring (bicyclic) bond motifs is 4. The molecule has 3 unspecified atom stereocenters. The van der Waals surface area contributed by atoms with Gasteiger partial charge in [0.2, 0.25) is 0 Å². The van der Waals surface area contributed by atoms with Gasteiger partial charge in [-0.2, -0.15) is 0 Å². The molecule has 5 atom stereocenters. The smallest absolute Gasteiger partial charge is 0.0952 e. The van der Waals surface area contributed by atoms with Crippen molar-refractivity contribution in [2.45, 2.75) is 25.0 Å². The number of hydrogen-bond acceptors (Lipinski definition) is 3. The Labute approximate surface area is 131 Å². The molecule has 0 saturated carbocycles. The molecule has 0 spiro atoms. The monoisotopic (exact) mass is 294 g/mol. The number of hydrogen-bond donors (Lipinski definition) is 1. The highest BCUT2D eigenvalue weighted by Crippen LogP contribution is 2.41. The van der Waals surface area contributed by atoms with Gasteiger partial charge in [0.1, 0.15) is 0 Å². The largest absolute Gasteiger partial charge is 0.387 e. The normalized spacial score (nSPS) is 32.0. The Hall–Kier alpha value is -1.71. The van der Waals surface area contributed by atoms with Crippen molar-refractivity contribution in [3.8, 4) is 0 Å². The molecule has 114 valence electrons. The van der Waals surface area contributed by atoms with Gasteiger partial charge in [-0.3, -0.25) is 9.88 Å². The molecule has 3 nitrogen and oxygen atoms in total. The maximum atomic E-state index is 11.0. The zero-order valence-corrected chi connectivity index (χ0v) is 12.7. The van der Waals surface area contributed by atoms with E-state index in [-0.39, 0.29) is 6.04 Å². The van der Waals surface area contributed by atoms with E-state index in [9.17, 15) is 5.11 Å². The highest BCUT2D eigenvalue weighted by atomic mass is 16.3. The standard InChI is InChI=1S/C19H22N2O/c1-2-13-12-21-10-8-14(13)11-18(21)19(22)16-7-9-20-17-6-4-3-5-15(16)17/h2-7,9,13-14,18-19,22H,1,8,10-12H2/t13?,14?,18-,19-/m1/s1. The minimum absolute atomic E-state index is 0.223. The van der Waals surface area contributed by atoms with Gasteiger partial charge >= 0.3 is 0 Å². The number of rotatable bonds is 3. The fourth-order valence-electron chi connectivity index (χ4n) is 4.29. The van der Waals surface area contributed by atoms with Crippen LogP contribution in [0, 0.1) is 11.8 Å². The Morgan fingerprint density at radius 1 is 1.32 bits per heavy atom. The second-order valence-electron chi connectivity index (χ2n) is 6.61. The van der Waals surface area contributed by atoms with Crippen molar-refractivity contribution in [1.82, 2.24) is 9.88 Å². The first-order chi connectivity index (χ1) is 10.8. The number of nitrogens with zero attached hydrogens (tertiary/aromatic N) is 2. The summed E-state index contributed by atoms with van der Waals surface area (Å²) in [5, 5.41) is 12.1. The predicted molar refractivity (Wildman–Crippen MR) is 88.5 cm³/mol. The van der Waals surface area contributed by atoms with Crippen molar-refractivity contribution in [1.29, 1.82) is 0 Å². The van der Waals surface area contributed by atoms with E-state index >= 15 is 0 Å². The molecule has 2 bridgehead atoms. The fraction of sp³-hybridized carbons (Fsp3) is 0.421. The third-order valence-corrected chi connectivity index (χ3v) is 5.52. The molecular formula is C19H22N2O. The van der Waals surface area contributed by atoms with Gasteiger partial charge in [0.15, 0.2) is 0 Å². The van der Waals surface area contributed by atoms with Gasteiger partial charge in [-0.25, -0.2) is 0 Å². The maximum absolute atomic E-state index is 11.0. The van der Waals surface area contributed by atoms with Crippen molar-refractivity contribution in [2.24, 2.45) is 11.8 Å². The molecule has 0 amide bonds. The number of aliphatic hydroxyl groups excluding tert-OH is 1. The van der Waals surface area contributed by atoms with Crippen molar-refractivity contribution < 1.29 is 5.11 Å². The summed E-state index contributed by atoms with van der Waals surface area (Å²) in [5.41, 5.74) is 1.97. The number of pyridine rings is 1. The minimum Gasteiger partial charge on any atom is -0.387 e. The van der Waals surface area contributed by atoms with Gasteiger partial charge in [-0.15, -0.1) is 6.58 Å². The Morgan fingerprint density at radius 2 is 2.18 bits per heavy atom.